The highest BCUT2D eigenvalue weighted by atomic mass is 16.5. The molecule has 1 aromatic rings. The maximum absolute atomic E-state index is 5.71. The summed E-state index contributed by atoms with van der Waals surface area (Å²) in [6.45, 7) is 11.3. The van der Waals surface area contributed by atoms with Gasteiger partial charge in [0, 0.05) is 13.0 Å². The average Bonchev–Trinajstić information content (AvgIpc) is 2.50. The molecule has 1 unspecified atom stereocenters. The molecule has 0 saturated carbocycles. The Morgan fingerprint density at radius 2 is 1.94 bits per heavy atom. The summed E-state index contributed by atoms with van der Waals surface area (Å²) in [6.07, 6.45) is 0.825. The number of nitrogens with zero attached hydrogens (tertiary/aromatic N) is 2. The normalized spacial score (nSPS) is 14.4. The number of aromatic nitrogens is 2. The van der Waals surface area contributed by atoms with Crippen LogP contribution in [0.1, 0.15) is 52.3 Å². The molecular weight excluding hydrogens is 202 g/mol. The first-order valence-corrected chi connectivity index (χ1v) is 5.86. The van der Waals surface area contributed by atoms with Gasteiger partial charge in [-0.2, -0.15) is 4.98 Å². The van der Waals surface area contributed by atoms with Crippen molar-refractivity contribution in [1.82, 2.24) is 10.1 Å². The van der Waals surface area contributed by atoms with Crippen LogP contribution in [0.25, 0.3) is 0 Å². The standard InChI is InChI=1S/C12H23N3O/c1-8(2)9(7-13)11-14-10(15-16-11)6-12(3,4)5/h8-9H,6-7,13H2,1-5H3. The van der Waals surface area contributed by atoms with Crippen LogP contribution in [0.4, 0.5) is 0 Å². The Morgan fingerprint density at radius 1 is 1.31 bits per heavy atom. The summed E-state index contributed by atoms with van der Waals surface area (Å²) >= 11 is 0. The lowest BCUT2D eigenvalue weighted by atomic mass is 9.92. The van der Waals surface area contributed by atoms with E-state index in [2.05, 4.69) is 44.8 Å². The third kappa shape index (κ3) is 3.59. The third-order valence-corrected chi connectivity index (χ3v) is 2.55. The number of nitrogens with two attached hydrogens (primary N) is 1. The molecule has 1 atom stereocenters. The SMILES string of the molecule is CC(C)C(CN)c1nc(CC(C)(C)C)no1. The Hall–Kier alpha value is -0.900. The molecule has 92 valence electrons. The molecule has 0 fully saturated rings. The van der Waals surface area contributed by atoms with E-state index in [9.17, 15) is 0 Å². The van der Waals surface area contributed by atoms with Crippen molar-refractivity contribution >= 4 is 0 Å². The van der Waals surface area contributed by atoms with E-state index in [0.29, 0.717) is 18.4 Å². The van der Waals surface area contributed by atoms with E-state index >= 15 is 0 Å². The molecule has 0 spiro atoms. The average molecular weight is 225 g/mol. The lowest BCUT2D eigenvalue weighted by molar-refractivity contribution is 0.317. The second kappa shape index (κ2) is 4.95. The first-order chi connectivity index (χ1) is 7.33. The minimum absolute atomic E-state index is 0.168. The van der Waals surface area contributed by atoms with E-state index in [0.717, 1.165) is 12.2 Å². The third-order valence-electron chi connectivity index (χ3n) is 2.55. The van der Waals surface area contributed by atoms with E-state index < -0.39 is 0 Å². The van der Waals surface area contributed by atoms with Crippen molar-refractivity contribution in [3.8, 4) is 0 Å². The highest BCUT2D eigenvalue weighted by Gasteiger charge is 2.22. The van der Waals surface area contributed by atoms with E-state index in [1.807, 2.05) is 0 Å². The summed E-state index contributed by atoms with van der Waals surface area (Å²) in [7, 11) is 0. The maximum Gasteiger partial charge on any atom is 0.231 e. The Balaban J connectivity index is 2.78. The topological polar surface area (TPSA) is 64.9 Å². The summed E-state index contributed by atoms with van der Waals surface area (Å²) in [5, 5.41) is 4.01. The first kappa shape index (κ1) is 13.2. The quantitative estimate of drug-likeness (QED) is 0.854. The molecule has 0 aliphatic carbocycles. The maximum atomic E-state index is 5.71. The summed E-state index contributed by atoms with van der Waals surface area (Å²) < 4.78 is 5.28. The molecule has 4 heteroatoms. The molecule has 0 amide bonds. The van der Waals surface area contributed by atoms with Gasteiger partial charge in [-0.25, -0.2) is 0 Å². The Kier molecular flexibility index (Phi) is 4.08. The van der Waals surface area contributed by atoms with Crippen LogP contribution in [0.2, 0.25) is 0 Å². The van der Waals surface area contributed by atoms with Gasteiger partial charge in [0.1, 0.15) is 0 Å². The molecule has 0 bridgehead atoms. The fourth-order valence-corrected chi connectivity index (χ4v) is 1.62. The molecule has 1 rings (SSSR count). The molecule has 4 nitrogen and oxygen atoms in total. The van der Waals surface area contributed by atoms with Crippen LogP contribution in [-0.4, -0.2) is 16.7 Å². The minimum Gasteiger partial charge on any atom is -0.339 e. The van der Waals surface area contributed by atoms with Crippen LogP contribution < -0.4 is 5.73 Å². The van der Waals surface area contributed by atoms with E-state index in [1.165, 1.54) is 0 Å². The summed E-state index contributed by atoms with van der Waals surface area (Å²) in [6, 6.07) is 0. The van der Waals surface area contributed by atoms with Crippen LogP contribution in [0.3, 0.4) is 0 Å². The summed E-state index contributed by atoms with van der Waals surface area (Å²) in [5.74, 6) is 2.05. The van der Waals surface area contributed by atoms with Gasteiger partial charge in [-0.1, -0.05) is 39.8 Å². The van der Waals surface area contributed by atoms with E-state index in [1.54, 1.807) is 0 Å². The van der Waals surface area contributed by atoms with Crippen molar-refractivity contribution in [2.75, 3.05) is 6.54 Å². The van der Waals surface area contributed by atoms with Crippen molar-refractivity contribution in [2.24, 2.45) is 17.1 Å². The highest BCUT2D eigenvalue weighted by Crippen LogP contribution is 2.24. The number of hydrogen-bond donors (Lipinski definition) is 1. The molecule has 0 aliphatic heterocycles. The minimum atomic E-state index is 0.168. The summed E-state index contributed by atoms with van der Waals surface area (Å²) in [4.78, 5) is 4.43. The van der Waals surface area contributed by atoms with Gasteiger partial charge < -0.3 is 10.3 Å². The van der Waals surface area contributed by atoms with Crippen molar-refractivity contribution < 1.29 is 4.52 Å². The van der Waals surface area contributed by atoms with Crippen molar-refractivity contribution in [3.63, 3.8) is 0 Å². The van der Waals surface area contributed by atoms with Gasteiger partial charge >= 0.3 is 0 Å². The number of rotatable bonds is 4. The van der Waals surface area contributed by atoms with Crippen molar-refractivity contribution in [2.45, 2.75) is 47.0 Å². The van der Waals surface area contributed by atoms with Gasteiger partial charge in [0.25, 0.3) is 0 Å². The zero-order valence-corrected chi connectivity index (χ0v) is 10.9. The highest BCUT2D eigenvalue weighted by molar-refractivity contribution is 4.97. The Bertz CT molecular complexity index is 325. The Labute approximate surface area is 97.6 Å². The lowest BCUT2D eigenvalue weighted by Gasteiger charge is -2.15. The van der Waals surface area contributed by atoms with Crippen LogP contribution >= 0.6 is 0 Å². The predicted molar refractivity (Wildman–Crippen MR) is 64.1 cm³/mol. The lowest BCUT2D eigenvalue weighted by Crippen LogP contribution is -2.18. The summed E-state index contributed by atoms with van der Waals surface area (Å²) in [5.41, 5.74) is 5.89. The zero-order valence-electron chi connectivity index (χ0n) is 10.9. The van der Waals surface area contributed by atoms with Gasteiger partial charge in [-0.3, -0.25) is 0 Å². The predicted octanol–water partition coefficient (Wildman–Crippen LogP) is 2.36. The molecule has 16 heavy (non-hydrogen) atoms. The first-order valence-electron chi connectivity index (χ1n) is 5.86. The fraction of sp³-hybridized carbons (Fsp3) is 0.833. The Morgan fingerprint density at radius 3 is 2.38 bits per heavy atom. The van der Waals surface area contributed by atoms with Crippen LogP contribution in [0, 0.1) is 11.3 Å². The zero-order chi connectivity index (χ0) is 12.3. The monoisotopic (exact) mass is 225 g/mol. The largest absolute Gasteiger partial charge is 0.339 e. The van der Waals surface area contributed by atoms with Crippen LogP contribution in [-0.2, 0) is 6.42 Å². The van der Waals surface area contributed by atoms with E-state index in [4.69, 9.17) is 10.3 Å². The fourth-order valence-electron chi connectivity index (χ4n) is 1.62. The smallest absolute Gasteiger partial charge is 0.231 e. The molecular formula is C12H23N3O. The molecule has 2 N–H and O–H groups in total. The van der Waals surface area contributed by atoms with Gasteiger partial charge in [-0.05, 0) is 11.3 Å². The second-order valence-electron chi connectivity index (χ2n) is 5.87. The van der Waals surface area contributed by atoms with Gasteiger partial charge in [-0.15, -0.1) is 0 Å². The molecule has 1 heterocycles. The molecule has 1 aromatic heterocycles. The van der Waals surface area contributed by atoms with Crippen LogP contribution in [0.15, 0.2) is 4.52 Å². The molecule has 0 aliphatic rings. The second-order valence-corrected chi connectivity index (χ2v) is 5.87. The van der Waals surface area contributed by atoms with Crippen molar-refractivity contribution in [3.05, 3.63) is 11.7 Å². The van der Waals surface area contributed by atoms with Crippen LogP contribution in [0.5, 0.6) is 0 Å². The van der Waals surface area contributed by atoms with Gasteiger partial charge in [0.2, 0.25) is 5.89 Å². The van der Waals surface area contributed by atoms with E-state index in [-0.39, 0.29) is 11.3 Å². The molecule has 0 aromatic carbocycles. The van der Waals surface area contributed by atoms with Gasteiger partial charge in [0.05, 0.1) is 5.92 Å². The molecule has 0 saturated heterocycles. The number of hydrogen-bond acceptors (Lipinski definition) is 4. The van der Waals surface area contributed by atoms with Gasteiger partial charge in [0.15, 0.2) is 5.82 Å². The molecule has 0 radical (unpaired) electrons. The van der Waals surface area contributed by atoms with Crippen molar-refractivity contribution in [1.29, 1.82) is 0 Å².